The van der Waals surface area contributed by atoms with Gasteiger partial charge in [0.15, 0.2) is 0 Å². The molecule has 38 heavy (non-hydrogen) atoms. The highest BCUT2D eigenvalue weighted by molar-refractivity contribution is 6.30. The van der Waals surface area contributed by atoms with Gasteiger partial charge in [0, 0.05) is 30.4 Å². The van der Waals surface area contributed by atoms with Gasteiger partial charge in [0.2, 0.25) is 17.7 Å². The van der Waals surface area contributed by atoms with Crippen LogP contribution in [0.1, 0.15) is 38.7 Å². The molecule has 3 heterocycles. The summed E-state index contributed by atoms with van der Waals surface area (Å²) in [7, 11) is 0. The van der Waals surface area contributed by atoms with Gasteiger partial charge in [-0.25, -0.2) is 0 Å². The summed E-state index contributed by atoms with van der Waals surface area (Å²) in [6.45, 7) is 4.55. The van der Waals surface area contributed by atoms with Crippen LogP contribution in [0, 0.1) is 17.8 Å². The molecule has 3 N–H and O–H groups in total. The van der Waals surface area contributed by atoms with Gasteiger partial charge in [0.1, 0.15) is 11.6 Å². The Kier molecular flexibility index (Phi) is 7.24. The number of unbranched alkanes of at least 4 members (excludes halogenated alkanes) is 1. The lowest BCUT2D eigenvalue weighted by Gasteiger charge is -2.36. The molecule has 0 aromatic heterocycles. The quantitative estimate of drug-likeness (QED) is 0.423. The summed E-state index contributed by atoms with van der Waals surface area (Å²) in [4.78, 5) is 43.1. The van der Waals surface area contributed by atoms with E-state index in [0.717, 1.165) is 5.56 Å². The molecule has 3 amide bonds. The highest BCUT2D eigenvalue weighted by Crippen LogP contribution is 2.65. The summed E-state index contributed by atoms with van der Waals surface area (Å²) in [5, 5.41) is 15.8. The maximum atomic E-state index is 14.0. The van der Waals surface area contributed by atoms with Crippen molar-refractivity contribution in [3.63, 3.8) is 0 Å². The van der Waals surface area contributed by atoms with Crippen molar-refractivity contribution < 1.29 is 24.2 Å². The van der Waals surface area contributed by atoms with Crippen molar-refractivity contribution in [2.24, 2.45) is 17.8 Å². The molecule has 0 saturated carbocycles. The van der Waals surface area contributed by atoms with Crippen LogP contribution in [-0.2, 0) is 25.7 Å². The van der Waals surface area contributed by atoms with Crippen molar-refractivity contribution in [2.75, 3.05) is 18.5 Å². The Hall–Kier alpha value is -2.94. The number of carbonyl (C=O) groups excluding carboxylic acids is 3. The maximum absolute atomic E-state index is 14.0. The van der Waals surface area contributed by atoms with Crippen molar-refractivity contribution >= 4 is 35.0 Å². The van der Waals surface area contributed by atoms with Crippen molar-refractivity contribution in [1.29, 1.82) is 0 Å². The van der Waals surface area contributed by atoms with Crippen LogP contribution >= 0.6 is 11.6 Å². The van der Waals surface area contributed by atoms with E-state index in [9.17, 15) is 19.5 Å². The SMILES string of the molecule is CC1CC23O[C@]1(C)[C@@H](C(=O)NCc1ccccc1)[C@H]2C(=O)N(CCCCO)C3C(=O)Nc1ccc(Cl)cc1. The third kappa shape index (κ3) is 4.38. The van der Waals surface area contributed by atoms with E-state index in [1.54, 1.807) is 29.2 Å². The van der Waals surface area contributed by atoms with Gasteiger partial charge in [0.05, 0.1) is 17.4 Å². The van der Waals surface area contributed by atoms with Crippen LogP contribution in [0.25, 0.3) is 0 Å². The monoisotopic (exact) mass is 539 g/mol. The number of rotatable bonds is 9. The minimum Gasteiger partial charge on any atom is -0.396 e. The zero-order valence-corrected chi connectivity index (χ0v) is 22.4. The molecule has 3 fully saturated rings. The summed E-state index contributed by atoms with van der Waals surface area (Å²) in [5.74, 6) is -2.37. The molecule has 8 nitrogen and oxygen atoms in total. The molecule has 2 bridgehead atoms. The number of nitrogens with zero attached hydrogens (tertiary/aromatic N) is 1. The largest absolute Gasteiger partial charge is 0.396 e. The van der Waals surface area contributed by atoms with Gasteiger partial charge in [-0.1, -0.05) is 48.9 Å². The first-order chi connectivity index (χ1) is 18.2. The molecular weight excluding hydrogens is 506 g/mol. The summed E-state index contributed by atoms with van der Waals surface area (Å²) < 4.78 is 6.71. The molecule has 3 aliphatic heterocycles. The zero-order chi connectivity index (χ0) is 27.1. The number of halogens is 1. The molecular formula is C29H34ClN3O5. The second-order valence-corrected chi connectivity index (χ2v) is 11.3. The van der Waals surface area contributed by atoms with E-state index in [0.29, 0.717) is 43.1 Å². The Morgan fingerprint density at radius 2 is 1.82 bits per heavy atom. The highest BCUT2D eigenvalue weighted by atomic mass is 35.5. The molecule has 2 aromatic rings. The third-order valence-corrected chi connectivity index (χ3v) is 8.83. The van der Waals surface area contributed by atoms with Crippen molar-refractivity contribution in [3.05, 3.63) is 65.2 Å². The second-order valence-electron chi connectivity index (χ2n) is 10.9. The smallest absolute Gasteiger partial charge is 0.250 e. The fraction of sp³-hybridized carbons (Fsp3) is 0.483. The van der Waals surface area contributed by atoms with Crippen LogP contribution in [0.2, 0.25) is 5.02 Å². The molecule has 2 aromatic carbocycles. The highest BCUT2D eigenvalue weighted by Gasteiger charge is 2.79. The summed E-state index contributed by atoms with van der Waals surface area (Å²) in [6, 6.07) is 15.5. The third-order valence-electron chi connectivity index (χ3n) is 8.57. The van der Waals surface area contributed by atoms with Crippen molar-refractivity contribution in [2.45, 2.75) is 56.9 Å². The van der Waals surface area contributed by atoms with Gasteiger partial charge in [-0.2, -0.15) is 0 Å². The second kappa shape index (κ2) is 10.3. The minimum absolute atomic E-state index is 0.00559. The molecule has 0 radical (unpaired) electrons. The Bertz CT molecular complexity index is 1210. The van der Waals surface area contributed by atoms with E-state index < -0.39 is 29.1 Å². The number of anilines is 1. The number of hydrogen-bond acceptors (Lipinski definition) is 5. The van der Waals surface area contributed by atoms with Crippen molar-refractivity contribution in [3.8, 4) is 0 Å². The van der Waals surface area contributed by atoms with Crippen LogP contribution in [0.3, 0.4) is 0 Å². The molecule has 3 unspecified atom stereocenters. The molecule has 5 rings (SSSR count). The van der Waals surface area contributed by atoms with Gasteiger partial charge in [0.25, 0.3) is 0 Å². The maximum Gasteiger partial charge on any atom is 0.250 e. The molecule has 3 aliphatic rings. The number of benzene rings is 2. The number of ether oxygens (including phenoxy) is 1. The van der Waals surface area contributed by atoms with Crippen LogP contribution < -0.4 is 10.6 Å². The van der Waals surface area contributed by atoms with Gasteiger partial charge < -0.3 is 25.4 Å². The van der Waals surface area contributed by atoms with Crippen LogP contribution in [0.5, 0.6) is 0 Å². The number of nitrogens with one attached hydrogen (secondary N) is 2. The Balaban J connectivity index is 1.47. The molecule has 3 saturated heterocycles. The molecule has 9 heteroatoms. The number of carbonyl (C=O) groups is 3. The average molecular weight is 540 g/mol. The van der Waals surface area contributed by atoms with E-state index in [2.05, 4.69) is 10.6 Å². The number of aliphatic hydroxyl groups is 1. The summed E-state index contributed by atoms with van der Waals surface area (Å²) in [5.41, 5.74) is -0.472. The summed E-state index contributed by atoms with van der Waals surface area (Å²) >= 11 is 6.01. The van der Waals surface area contributed by atoms with Gasteiger partial charge in [-0.3, -0.25) is 14.4 Å². The Morgan fingerprint density at radius 1 is 1.11 bits per heavy atom. The first kappa shape index (κ1) is 26.7. The molecule has 202 valence electrons. The fourth-order valence-electron chi connectivity index (χ4n) is 6.71. The number of aliphatic hydroxyl groups excluding tert-OH is 1. The lowest BCUT2D eigenvalue weighted by molar-refractivity contribution is -0.146. The molecule has 6 atom stereocenters. The lowest BCUT2D eigenvalue weighted by Crippen LogP contribution is -2.54. The number of likely N-dealkylation sites (tertiary alicyclic amines) is 1. The standard InChI is InChI=1S/C29H34ClN3O5/c1-18-16-29-23(22(28(18,2)38-29)25(35)31-17-19-8-4-3-5-9-19)27(37)33(14-6-7-15-34)24(29)26(36)32-21-12-10-20(30)11-13-21/h3-5,8-13,18,22-24,34H,6-7,14-17H2,1-2H3,(H,31,35)(H,32,36)/t18?,22-,23+,24?,28+,29?/m1/s1. The number of fused-ring (bicyclic) bond motifs is 1. The van der Waals surface area contributed by atoms with E-state index in [4.69, 9.17) is 16.3 Å². The van der Waals surface area contributed by atoms with Gasteiger partial charge in [-0.05, 0) is 61.9 Å². The zero-order valence-electron chi connectivity index (χ0n) is 21.7. The number of hydrogen-bond donors (Lipinski definition) is 3. The van der Waals surface area contributed by atoms with E-state index in [1.165, 1.54) is 0 Å². The molecule has 0 aliphatic carbocycles. The first-order valence-corrected chi connectivity index (χ1v) is 13.6. The predicted molar refractivity (Wildman–Crippen MR) is 143 cm³/mol. The van der Waals surface area contributed by atoms with Gasteiger partial charge in [-0.15, -0.1) is 0 Å². The van der Waals surface area contributed by atoms with Crippen LogP contribution in [-0.4, -0.2) is 58.1 Å². The lowest BCUT2D eigenvalue weighted by atomic mass is 9.62. The fourth-order valence-corrected chi connectivity index (χ4v) is 6.84. The van der Waals surface area contributed by atoms with Crippen molar-refractivity contribution in [1.82, 2.24) is 10.2 Å². The first-order valence-electron chi connectivity index (χ1n) is 13.2. The average Bonchev–Trinajstić information content (AvgIpc) is 3.41. The van der Waals surface area contributed by atoms with E-state index in [-0.39, 0.29) is 30.2 Å². The van der Waals surface area contributed by atoms with E-state index >= 15 is 0 Å². The number of amides is 3. The van der Waals surface area contributed by atoms with Gasteiger partial charge >= 0.3 is 0 Å². The summed E-state index contributed by atoms with van der Waals surface area (Å²) in [6.07, 6.45) is 1.54. The Labute approximate surface area is 227 Å². The van der Waals surface area contributed by atoms with E-state index in [1.807, 2.05) is 44.2 Å². The minimum atomic E-state index is -1.12. The van der Waals surface area contributed by atoms with Crippen LogP contribution in [0.15, 0.2) is 54.6 Å². The Morgan fingerprint density at radius 3 is 2.50 bits per heavy atom. The normalized spacial score (nSPS) is 31.4. The molecule has 1 spiro atoms. The topological polar surface area (TPSA) is 108 Å². The predicted octanol–water partition coefficient (Wildman–Crippen LogP) is 3.38. The van der Waals surface area contributed by atoms with Crippen LogP contribution in [0.4, 0.5) is 5.69 Å².